The quantitative estimate of drug-likeness (QED) is 0.717. The summed E-state index contributed by atoms with van der Waals surface area (Å²) in [4.78, 5) is 0. The second-order valence-electron chi connectivity index (χ2n) is 3.20. The van der Waals surface area contributed by atoms with E-state index < -0.39 is 0 Å². The number of ether oxygens (including phenoxy) is 2. The van der Waals surface area contributed by atoms with Gasteiger partial charge >= 0.3 is 0 Å². The molecular formula is C12H14ClNO2. The monoisotopic (exact) mass is 239 g/mol. The van der Waals surface area contributed by atoms with Gasteiger partial charge in [0.2, 0.25) is 0 Å². The second kappa shape index (κ2) is 6.97. The Labute approximate surface area is 101 Å². The number of rotatable bonds is 6. The number of nitrogens with zero attached hydrogens (tertiary/aromatic N) is 1. The van der Waals surface area contributed by atoms with Gasteiger partial charge in [-0.05, 0) is 12.5 Å². The van der Waals surface area contributed by atoms with Gasteiger partial charge in [-0.2, -0.15) is 5.26 Å². The minimum Gasteiger partial charge on any atom is -0.493 e. The van der Waals surface area contributed by atoms with Gasteiger partial charge in [0, 0.05) is 11.6 Å². The van der Waals surface area contributed by atoms with Gasteiger partial charge in [-0.15, -0.1) is 11.6 Å². The Balaban J connectivity index is 2.79. The fourth-order valence-electron chi connectivity index (χ4n) is 1.20. The molecule has 0 aromatic heterocycles. The van der Waals surface area contributed by atoms with Gasteiger partial charge in [0.05, 0.1) is 12.5 Å². The van der Waals surface area contributed by atoms with Crippen LogP contribution in [0.25, 0.3) is 0 Å². The first kappa shape index (κ1) is 12.7. The van der Waals surface area contributed by atoms with E-state index in [4.69, 9.17) is 26.3 Å². The third kappa shape index (κ3) is 3.63. The summed E-state index contributed by atoms with van der Waals surface area (Å²) in [7, 11) is 0. The van der Waals surface area contributed by atoms with E-state index in [0.717, 1.165) is 17.7 Å². The van der Waals surface area contributed by atoms with E-state index in [1.165, 1.54) is 0 Å². The van der Waals surface area contributed by atoms with Crippen molar-refractivity contribution in [2.45, 2.75) is 19.2 Å². The Bertz CT molecular complexity index is 374. The molecule has 16 heavy (non-hydrogen) atoms. The van der Waals surface area contributed by atoms with E-state index in [9.17, 15) is 0 Å². The lowest BCUT2D eigenvalue weighted by atomic mass is 10.2. The summed E-state index contributed by atoms with van der Waals surface area (Å²) >= 11 is 5.76. The van der Waals surface area contributed by atoms with Gasteiger partial charge in [0.25, 0.3) is 0 Å². The zero-order valence-corrected chi connectivity index (χ0v) is 9.96. The summed E-state index contributed by atoms with van der Waals surface area (Å²) < 4.78 is 10.7. The van der Waals surface area contributed by atoms with E-state index in [0.29, 0.717) is 18.2 Å². The van der Waals surface area contributed by atoms with E-state index >= 15 is 0 Å². The van der Waals surface area contributed by atoms with Crippen molar-refractivity contribution in [3.05, 3.63) is 23.8 Å². The third-order valence-corrected chi connectivity index (χ3v) is 2.24. The lowest BCUT2D eigenvalue weighted by molar-refractivity contribution is 0.312. The highest BCUT2D eigenvalue weighted by Gasteiger charge is 2.05. The van der Waals surface area contributed by atoms with Gasteiger partial charge in [0.15, 0.2) is 6.61 Å². The number of halogens is 1. The largest absolute Gasteiger partial charge is 0.493 e. The lowest BCUT2D eigenvalue weighted by Gasteiger charge is -2.10. The molecular weight excluding hydrogens is 226 g/mol. The molecule has 0 N–H and O–H groups in total. The van der Waals surface area contributed by atoms with Crippen LogP contribution < -0.4 is 9.47 Å². The average Bonchev–Trinajstić information content (AvgIpc) is 2.33. The molecule has 0 radical (unpaired) electrons. The van der Waals surface area contributed by atoms with Crippen molar-refractivity contribution in [3.63, 3.8) is 0 Å². The molecule has 0 unspecified atom stereocenters. The van der Waals surface area contributed by atoms with Crippen LogP contribution in [0.1, 0.15) is 18.9 Å². The minimum absolute atomic E-state index is 0.0150. The smallest absolute Gasteiger partial charge is 0.174 e. The Morgan fingerprint density at radius 3 is 2.81 bits per heavy atom. The second-order valence-corrected chi connectivity index (χ2v) is 3.47. The maximum Gasteiger partial charge on any atom is 0.174 e. The predicted octanol–water partition coefficient (Wildman–Crippen LogP) is 3.12. The van der Waals surface area contributed by atoms with Gasteiger partial charge in [0.1, 0.15) is 17.6 Å². The Hall–Kier alpha value is -1.40. The molecule has 0 aliphatic rings. The van der Waals surface area contributed by atoms with Crippen LogP contribution in [0, 0.1) is 11.3 Å². The summed E-state index contributed by atoms with van der Waals surface area (Å²) in [6.45, 7) is 2.72. The fraction of sp³-hybridized carbons (Fsp3) is 0.417. The van der Waals surface area contributed by atoms with Gasteiger partial charge in [-0.1, -0.05) is 13.0 Å². The van der Waals surface area contributed by atoms with Gasteiger partial charge < -0.3 is 9.47 Å². The number of hydrogen-bond acceptors (Lipinski definition) is 3. The number of nitriles is 1. The van der Waals surface area contributed by atoms with Crippen LogP contribution in [0.15, 0.2) is 18.2 Å². The molecule has 1 aromatic carbocycles. The maximum atomic E-state index is 8.46. The molecule has 0 amide bonds. The SMILES string of the molecule is CCCOc1ccc(CCl)c(OCC#N)c1. The van der Waals surface area contributed by atoms with Crippen molar-refractivity contribution < 1.29 is 9.47 Å². The summed E-state index contributed by atoms with van der Waals surface area (Å²) in [5, 5.41) is 8.46. The summed E-state index contributed by atoms with van der Waals surface area (Å²) in [5.74, 6) is 1.71. The van der Waals surface area contributed by atoms with Gasteiger partial charge in [-0.25, -0.2) is 0 Å². The molecule has 0 atom stereocenters. The Morgan fingerprint density at radius 1 is 1.38 bits per heavy atom. The highest BCUT2D eigenvalue weighted by molar-refractivity contribution is 6.17. The normalized spacial score (nSPS) is 9.56. The zero-order chi connectivity index (χ0) is 11.8. The Kier molecular flexibility index (Phi) is 5.52. The van der Waals surface area contributed by atoms with Crippen molar-refractivity contribution in [1.82, 2.24) is 0 Å². The molecule has 1 rings (SSSR count). The first-order valence-electron chi connectivity index (χ1n) is 5.13. The van der Waals surface area contributed by atoms with Crippen molar-refractivity contribution in [2.75, 3.05) is 13.2 Å². The molecule has 0 saturated carbocycles. The van der Waals surface area contributed by atoms with Crippen molar-refractivity contribution >= 4 is 11.6 Å². The molecule has 0 fully saturated rings. The van der Waals surface area contributed by atoms with Crippen LogP contribution in [0.3, 0.4) is 0 Å². The molecule has 0 spiro atoms. The minimum atomic E-state index is 0.0150. The highest BCUT2D eigenvalue weighted by atomic mass is 35.5. The van der Waals surface area contributed by atoms with Crippen molar-refractivity contribution in [1.29, 1.82) is 5.26 Å². The molecule has 3 nitrogen and oxygen atoms in total. The summed E-state index contributed by atoms with van der Waals surface area (Å²) in [6.07, 6.45) is 0.950. The van der Waals surface area contributed by atoms with Crippen LogP contribution >= 0.6 is 11.6 Å². The fourth-order valence-corrected chi connectivity index (χ4v) is 1.42. The maximum absolute atomic E-state index is 8.46. The number of benzene rings is 1. The first-order chi connectivity index (χ1) is 7.81. The standard InChI is InChI=1S/C12H14ClNO2/c1-2-6-15-11-4-3-10(9-13)12(8-11)16-7-5-14/h3-4,8H,2,6-7,9H2,1H3. The van der Waals surface area contributed by atoms with Crippen LogP contribution in [0.2, 0.25) is 0 Å². The average molecular weight is 240 g/mol. The summed E-state index contributed by atoms with van der Waals surface area (Å²) in [6, 6.07) is 7.40. The molecule has 0 heterocycles. The van der Waals surface area contributed by atoms with Crippen molar-refractivity contribution in [3.8, 4) is 17.6 Å². The number of alkyl halides is 1. The molecule has 0 bridgehead atoms. The van der Waals surface area contributed by atoms with Gasteiger partial charge in [-0.3, -0.25) is 0 Å². The van der Waals surface area contributed by atoms with E-state index in [2.05, 4.69) is 0 Å². The molecule has 1 aromatic rings. The lowest BCUT2D eigenvalue weighted by Crippen LogP contribution is -1.99. The highest BCUT2D eigenvalue weighted by Crippen LogP contribution is 2.26. The van der Waals surface area contributed by atoms with E-state index in [-0.39, 0.29) is 6.61 Å². The zero-order valence-electron chi connectivity index (χ0n) is 9.20. The van der Waals surface area contributed by atoms with Crippen LogP contribution in [-0.2, 0) is 5.88 Å². The third-order valence-electron chi connectivity index (χ3n) is 1.95. The predicted molar refractivity (Wildman–Crippen MR) is 62.9 cm³/mol. The van der Waals surface area contributed by atoms with Crippen molar-refractivity contribution in [2.24, 2.45) is 0 Å². The first-order valence-corrected chi connectivity index (χ1v) is 5.66. The van der Waals surface area contributed by atoms with Crippen LogP contribution in [0.5, 0.6) is 11.5 Å². The topological polar surface area (TPSA) is 42.2 Å². The molecule has 0 aliphatic heterocycles. The van der Waals surface area contributed by atoms with Crippen LogP contribution in [0.4, 0.5) is 0 Å². The number of hydrogen-bond donors (Lipinski definition) is 0. The van der Waals surface area contributed by atoms with E-state index in [1.807, 2.05) is 25.1 Å². The molecule has 4 heteroatoms. The van der Waals surface area contributed by atoms with E-state index in [1.54, 1.807) is 6.07 Å². The molecule has 86 valence electrons. The molecule has 0 aliphatic carbocycles. The Morgan fingerprint density at radius 2 is 2.19 bits per heavy atom. The van der Waals surface area contributed by atoms with Crippen LogP contribution in [-0.4, -0.2) is 13.2 Å². The summed E-state index contributed by atoms with van der Waals surface area (Å²) in [5.41, 5.74) is 0.862. The molecule has 0 saturated heterocycles.